The molecule has 0 saturated heterocycles. The van der Waals surface area contributed by atoms with Crippen molar-refractivity contribution >= 4 is 5.78 Å². The van der Waals surface area contributed by atoms with Gasteiger partial charge in [0.15, 0.2) is 11.6 Å². The number of rotatable bonds is 7. The fourth-order valence-corrected chi connectivity index (χ4v) is 2.28. The van der Waals surface area contributed by atoms with E-state index < -0.39 is 5.79 Å². The Labute approximate surface area is 130 Å². The van der Waals surface area contributed by atoms with Crippen molar-refractivity contribution in [2.45, 2.75) is 12.2 Å². The summed E-state index contributed by atoms with van der Waals surface area (Å²) in [5.41, 5.74) is 1.13. The molecule has 1 aliphatic carbocycles. The molecule has 116 valence electrons. The first kappa shape index (κ1) is 16.2. The van der Waals surface area contributed by atoms with Crippen LogP contribution in [0.3, 0.4) is 0 Å². The van der Waals surface area contributed by atoms with Gasteiger partial charge in [-0.25, -0.2) is 0 Å². The van der Waals surface area contributed by atoms with Gasteiger partial charge in [-0.1, -0.05) is 43.0 Å². The van der Waals surface area contributed by atoms with Crippen LogP contribution in [0.2, 0.25) is 0 Å². The van der Waals surface area contributed by atoms with Crippen molar-refractivity contribution in [2.75, 3.05) is 20.8 Å². The number of carbonyl (C=O) groups is 1. The molecule has 0 radical (unpaired) electrons. The van der Waals surface area contributed by atoms with Gasteiger partial charge >= 0.3 is 0 Å². The molecule has 1 aromatic rings. The van der Waals surface area contributed by atoms with E-state index >= 15 is 0 Å². The van der Waals surface area contributed by atoms with Gasteiger partial charge in [0.05, 0.1) is 12.0 Å². The molecule has 0 atom stereocenters. The molecule has 0 heterocycles. The minimum absolute atomic E-state index is 0.0864. The van der Waals surface area contributed by atoms with Gasteiger partial charge in [-0.2, -0.15) is 0 Å². The second-order valence-corrected chi connectivity index (χ2v) is 4.86. The van der Waals surface area contributed by atoms with Gasteiger partial charge in [0.2, 0.25) is 0 Å². The van der Waals surface area contributed by atoms with E-state index in [1.54, 1.807) is 44.6 Å². The Morgan fingerprint density at radius 3 is 2.55 bits per heavy atom. The molecule has 0 bridgehead atoms. The first-order valence-corrected chi connectivity index (χ1v) is 7.02. The number of ether oxygens (including phenoxy) is 3. The van der Waals surface area contributed by atoms with Crippen LogP contribution in [0.25, 0.3) is 0 Å². The predicted octanol–water partition coefficient (Wildman–Crippen LogP) is 3.28. The van der Waals surface area contributed by atoms with Gasteiger partial charge in [-0.3, -0.25) is 4.79 Å². The van der Waals surface area contributed by atoms with Crippen molar-refractivity contribution in [3.63, 3.8) is 0 Å². The first-order chi connectivity index (χ1) is 10.7. The average molecular weight is 300 g/mol. The van der Waals surface area contributed by atoms with E-state index in [-0.39, 0.29) is 5.78 Å². The number of ketones is 1. The summed E-state index contributed by atoms with van der Waals surface area (Å²) < 4.78 is 16.5. The number of hydrogen-bond donors (Lipinski definition) is 0. The molecule has 0 aromatic heterocycles. The maximum absolute atomic E-state index is 12.7. The SMILES string of the molecule is C=CCOC1=C(C(=O)c2ccccc2)C=CC(OC)(OC)C1. The molecule has 4 heteroatoms. The van der Waals surface area contributed by atoms with Gasteiger partial charge in [0, 0.05) is 19.8 Å². The third-order valence-corrected chi connectivity index (χ3v) is 3.56. The molecule has 1 aliphatic rings. The van der Waals surface area contributed by atoms with Gasteiger partial charge in [-0.15, -0.1) is 0 Å². The maximum atomic E-state index is 12.7. The van der Waals surface area contributed by atoms with Gasteiger partial charge in [0.1, 0.15) is 12.4 Å². The highest BCUT2D eigenvalue weighted by Crippen LogP contribution is 2.32. The number of hydrogen-bond acceptors (Lipinski definition) is 4. The summed E-state index contributed by atoms with van der Waals surface area (Å²) >= 11 is 0. The predicted molar refractivity (Wildman–Crippen MR) is 84.5 cm³/mol. The van der Waals surface area contributed by atoms with Crippen LogP contribution in [0.5, 0.6) is 0 Å². The molecular formula is C18H20O4. The molecule has 0 unspecified atom stereocenters. The average Bonchev–Trinajstić information content (AvgIpc) is 2.59. The second-order valence-electron chi connectivity index (χ2n) is 4.86. The highest BCUT2D eigenvalue weighted by atomic mass is 16.7. The third kappa shape index (κ3) is 3.35. The lowest BCUT2D eigenvalue weighted by Gasteiger charge is -2.32. The summed E-state index contributed by atoms with van der Waals surface area (Å²) in [5.74, 6) is -0.451. The van der Waals surface area contributed by atoms with Crippen LogP contribution in [-0.2, 0) is 14.2 Å². The number of benzene rings is 1. The summed E-state index contributed by atoms with van der Waals surface area (Å²) in [6.45, 7) is 3.95. The molecule has 22 heavy (non-hydrogen) atoms. The van der Waals surface area contributed by atoms with E-state index in [4.69, 9.17) is 14.2 Å². The lowest BCUT2D eigenvalue weighted by molar-refractivity contribution is -0.174. The zero-order chi connectivity index (χ0) is 16.0. The molecule has 2 rings (SSSR count). The van der Waals surface area contributed by atoms with Crippen LogP contribution in [-0.4, -0.2) is 32.4 Å². The maximum Gasteiger partial charge on any atom is 0.196 e. The smallest absolute Gasteiger partial charge is 0.196 e. The van der Waals surface area contributed by atoms with Crippen molar-refractivity contribution in [3.05, 3.63) is 72.0 Å². The quantitative estimate of drug-likeness (QED) is 0.440. The lowest BCUT2D eigenvalue weighted by atomic mass is 9.93. The Balaban J connectivity index is 2.36. The molecule has 0 fully saturated rings. The van der Waals surface area contributed by atoms with Crippen molar-refractivity contribution in [1.82, 2.24) is 0 Å². The number of methoxy groups -OCH3 is 2. The van der Waals surface area contributed by atoms with Gasteiger partial charge < -0.3 is 14.2 Å². The molecule has 0 amide bonds. The summed E-state index contributed by atoms with van der Waals surface area (Å²) in [5, 5.41) is 0. The summed E-state index contributed by atoms with van der Waals surface area (Å²) in [4.78, 5) is 12.7. The molecule has 0 aliphatic heterocycles. The Kier molecular flexibility index (Phi) is 5.31. The molecule has 4 nitrogen and oxygen atoms in total. The molecule has 1 aromatic carbocycles. The van der Waals surface area contributed by atoms with Crippen LogP contribution in [0, 0.1) is 0 Å². The normalized spacial score (nSPS) is 16.5. The van der Waals surface area contributed by atoms with E-state index in [2.05, 4.69) is 6.58 Å². The van der Waals surface area contributed by atoms with E-state index in [1.807, 2.05) is 18.2 Å². The highest BCUT2D eigenvalue weighted by Gasteiger charge is 2.34. The van der Waals surface area contributed by atoms with E-state index in [0.29, 0.717) is 29.9 Å². The van der Waals surface area contributed by atoms with Crippen molar-refractivity contribution < 1.29 is 19.0 Å². The Morgan fingerprint density at radius 2 is 1.95 bits per heavy atom. The first-order valence-electron chi connectivity index (χ1n) is 7.02. The Morgan fingerprint density at radius 1 is 1.27 bits per heavy atom. The zero-order valence-corrected chi connectivity index (χ0v) is 12.9. The summed E-state index contributed by atoms with van der Waals surface area (Å²) in [6, 6.07) is 9.10. The monoisotopic (exact) mass is 300 g/mol. The fraction of sp³-hybridized carbons (Fsp3) is 0.278. The summed E-state index contributed by atoms with van der Waals surface area (Å²) in [7, 11) is 3.12. The minimum Gasteiger partial charge on any atom is -0.493 e. The van der Waals surface area contributed by atoms with Crippen LogP contribution < -0.4 is 0 Å². The van der Waals surface area contributed by atoms with Crippen molar-refractivity contribution in [1.29, 1.82) is 0 Å². The van der Waals surface area contributed by atoms with E-state index in [0.717, 1.165) is 0 Å². The zero-order valence-electron chi connectivity index (χ0n) is 12.9. The van der Waals surface area contributed by atoms with Gasteiger partial charge in [0.25, 0.3) is 0 Å². The molecule has 0 saturated carbocycles. The van der Waals surface area contributed by atoms with E-state index in [9.17, 15) is 4.79 Å². The molecule has 0 N–H and O–H groups in total. The van der Waals surface area contributed by atoms with Gasteiger partial charge in [-0.05, 0) is 12.2 Å². The van der Waals surface area contributed by atoms with Crippen LogP contribution in [0.1, 0.15) is 16.8 Å². The Hall–Kier alpha value is -2.17. The lowest BCUT2D eigenvalue weighted by Crippen LogP contribution is -2.35. The fourth-order valence-electron chi connectivity index (χ4n) is 2.28. The van der Waals surface area contributed by atoms with E-state index in [1.165, 1.54) is 0 Å². The number of allylic oxidation sites excluding steroid dienone is 2. The Bertz CT molecular complexity index is 595. The molecule has 0 spiro atoms. The topological polar surface area (TPSA) is 44.8 Å². The standard InChI is InChI=1S/C18H20O4/c1-4-12-22-16-13-18(20-2,21-3)11-10-15(16)17(19)14-8-6-5-7-9-14/h4-11H,1,12-13H2,2-3H3. The van der Waals surface area contributed by atoms with Crippen molar-refractivity contribution in [3.8, 4) is 0 Å². The van der Waals surface area contributed by atoms with Crippen molar-refractivity contribution in [2.24, 2.45) is 0 Å². The molecular weight excluding hydrogens is 280 g/mol. The number of carbonyl (C=O) groups excluding carboxylic acids is 1. The second kappa shape index (κ2) is 7.20. The largest absolute Gasteiger partial charge is 0.493 e. The minimum atomic E-state index is -0.906. The van der Waals surface area contributed by atoms with Crippen LogP contribution in [0.15, 0.2) is 66.5 Å². The summed E-state index contributed by atoms with van der Waals surface area (Å²) in [6.07, 6.45) is 5.41. The highest BCUT2D eigenvalue weighted by molar-refractivity contribution is 6.11. The van der Waals surface area contributed by atoms with Crippen LogP contribution >= 0.6 is 0 Å². The third-order valence-electron chi connectivity index (χ3n) is 3.56. The van der Waals surface area contributed by atoms with Crippen LogP contribution in [0.4, 0.5) is 0 Å². The number of Topliss-reactive ketones (excluding diaryl/α,β-unsaturated/α-hetero) is 1.